The number of anilines is 2. The predicted molar refractivity (Wildman–Crippen MR) is 121 cm³/mol. The van der Waals surface area contributed by atoms with Gasteiger partial charge in [-0.25, -0.2) is 14.8 Å². The zero-order valence-corrected chi connectivity index (χ0v) is 18.3. The number of urea groups is 1. The van der Waals surface area contributed by atoms with E-state index in [-0.39, 0.29) is 6.03 Å². The number of nitrogens with two attached hydrogens (primary N) is 1. The van der Waals surface area contributed by atoms with E-state index in [1.165, 1.54) is 0 Å². The third-order valence-electron chi connectivity index (χ3n) is 4.92. The minimum Gasteiger partial charge on any atom is -0.497 e. The zero-order chi connectivity index (χ0) is 22.2. The Morgan fingerprint density at radius 2 is 2.13 bits per heavy atom. The van der Waals surface area contributed by atoms with Crippen LogP contribution in [-0.2, 0) is 17.9 Å². The summed E-state index contributed by atoms with van der Waals surface area (Å²) in [4.78, 5) is 21.0. The van der Waals surface area contributed by atoms with Crippen LogP contribution in [0.4, 0.5) is 16.3 Å². The van der Waals surface area contributed by atoms with E-state index in [9.17, 15) is 4.79 Å². The lowest BCUT2D eigenvalue weighted by atomic mass is 10.2. The van der Waals surface area contributed by atoms with Crippen molar-refractivity contribution in [1.82, 2.24) is 19.9 Å². The van der Waals surface area contributed by atoms with Gasteiger partial charge in [-0.15, -0.1) is 0 Å². The average Bonchev–Trinajstić information content (AvgIpc) is 3.14. The smallest absolute Gasteiger partial charge is 0.319 e. The standard InChI is InChI=1S/C22H30N6O3/c1-4-31-14-18-27-19-20(15(2)13-25-21(19)23)28(18)11-6-5-10-24-22(29)26-16-8-7-9-17(12-16)30-3/h7-9,12-13H,4-6,10-11,14H2,1-3H3,(H2,23,25)(H2,24,26,29). The number of imidazole rings is 1. The molecule has 0 unspecified atom stereocenters. The number of aromatic nitrogens is 3. The van der Waals surface area contributed by atoms with Crippen molar-refractivity contribution in [3.8, 4) is 5.75 Å². The van der Waals surface area contributed by atoms with Gasteiger partial charge in [0.15, 0.2) is 5.82 Å². The second-order valence-corrected chi connectivity index (χ2v) is 7.16. The molecule has 0 radical (unpaired) electrons. The number of nitrogens with one attached hydrogen (secondary N) is 2. The van der Waals surface area contributed by atoms with E-state index in [2.05, 4.69) is 25.2 Å². The molecule has 2 aromatic heterocycles. The van der Waals surface area contributed by atoms with Gasteiger partial charge in [0.1, 0.15) is 23.7 Å². The Labute approximate surface area is 182 Å². The number of nitrogen functional groups attached to an aromatic ring is 1. The molecule has 0 spiro atoms. The minimum atomic E-state index is -0.243. The van der Waals surface area contributed by atoms with Gasteiger partial charge in [-0.05, 0) is 44.4 Å². The molecule has 1 aromatic carbocycles. The number of hydrogen-bond donors (Lipinski definition) is 3. The van der Waals surface area contributed by atoms with Crippen molar-refractivity contribution in [2.45, 2.75) is 39.8 Å². The number of nitrogens with zero attached hydrogens (tertiary/aromatic N) is 3. The Balaban J connectivity index is 1.55. The van der Waals surface area contributed by atoms with Crippen LogP contribution in [0.1, 0.15) is 31.2 Å². The number of hydrogen-bond acceptors (Lipinski definition) is 6. The molecule has 3 aromatic rings. The van der Waals surface area contributed by atoms with Crippen LogP contribution in [0.3, 0.4) is 0 Å². The molecule has 166 valence electrons. The van der Waals surface area contributed by atoms with Crippen LogP contribution in [0, 0.1) is 6.92 Å². The number of unbranched alkanes of at least 4 members (excludes halogenated alkanes) is 1. The van der Waals surface area contributed by atoms with E-state index in [1.807, 2.05) is 32.0 Å². The Kier molecular flexibility index (Phi) is 7.66. The van der Waals surface area contributed by atoms with E-state index in [4.69, 9.17) is 15.2 Å². The van der Waals surface area contributed by atoms with Crippen molar-refractivity contribution in [2.24, 2.45) is 0 Å². The maximum Gasteiger partial charge on any atom is 0.319 e. The summed E-state index contributed by atoms with van der Waals surface area (Å²) in [6.07, 6.45) is 3.45. The summed E-state index contributed by atoms with van der Waals surface area (Å²) in [7, 11) is 1.59. The van der Waals surface area contributed by atoms with Crippen molar-refractivity contribution < 1.29 is 14.3 Å². The first-order valence-electron chi connectivity index (χ1n) is 10.4. The summed E-state index contributed by atoms with van der Waals surface area (Å²) in [6.45, 7) is 6.31. The van der Waals surface area contributed by atoms with E-state index < -0.39 is 0 Å². The molecule has 0 atom stereocenters. The number of aryl methyl sites for hydroxylation is 2. The molecule has 0 aliphatic carbocycles. The summed E-state index contributed by atoms with van der Waals surface area (Å²) >= 11 is 0. The SMILES string of the molecule is CCOCc1nc2c(N)ncc(C)c2n1CCCCNC(=O)Nc1cccc(OC)c1. The molecule has 2 amide bonds. The van der Waals surface area contributed by atoms with E-state index >= 15 is 0 Å². The van der Waals surface area contributed by atoms with Gasteiger partial charge in [0, 0.05) is 37.6 Å². The van der Waals surface area contributed by atoms with Gasteiger partial charge in [-0.3, -0.25) is 0 Å². The maximum absolute atomic E-state index is 12.1. The van der Waals surface area contributed by atoms with Gasteiger partial charge in [0.05, 0.1) is 12.6 Å². The van der Waals surface area contributed by atoms with Crippen LogP contribution >= 0.6 is 0 Å². The largest absolute Gasteiger partial charge is 0.497 e. The van der Waals surface area contributed by atoms with Crippen molar-refractivity contribution in [3.63, 3.8) is 0 Å². The number of amides is 2. The number of ether oxygens (including phenoxy) is 2. The zero-order valence-electron chi connectivity index (χ0n) is 18.3. The summed E-state index contributed by atoms with van der Waals surface area (Å²) in [6, 6.07) is 7.00. The average molecular weight is 427 g/mol. The summed E-state index contributed by atoms with van der Waals surface area (Å²) in [5.74, 6) is 1.95. The number of carbonyl (C=O) groups is 1. The number of rotatable bonds is 10. The monoisotopic (exact) mass is 426 g/mol. The molecule has 0 aliphatic rings. The van der Waals surface area contributed by atoms with E-state index in [1.54, 1.807) is 19.4 Å². The first kappa shape index (κ1) is 22.4. The lowest BCUT2D eigenvalue weighted by Crippen LogP contribution is -2.29. The van der Waals surface area contributed by atoms with Crippen molar-refractivity contribution in [3.05, 3.63) is 41.9 Å². The Hall–Kier alpha value is -3.33. The molecule has 3 rings (SSSR count). The number of benzene rings is 1. The van der Waals surface area contributed by atoms with Gasteiger partial charge >= 0.3 is 6.03 Å². The summed E-state index contributed by atoms with van der Waals surface area (Å²) in [5, 5.41) is 5.69. The molecule has 31 heavy (non-hydrogen) atoms. The topological polar surface area (TPSA) is 116 Å². The molecule has 0 fully saturated rings. The molecule has 9 heteroatoms. The Morgan fingerprint density at radius 1 is 1.29 bits per heavy atom. The first-order valence-corrected chi connectivity index (χ1v) is 10.4. The van der Waals surface area contributed by atoms with Crippen LogP contribution in [-0.4, -0.2) is 40.8 Å². The van der Waals surface area contributed by atoms with E-state index in [0.717, 1.165) is 36.3 Å². The Morgan fingerprint density at radius 3 is 2.90 bits per heavy atom. The fourth-order valence-electron chi connectivity index (χ4n) is 3.38. The van der Waals surface area contributed by atoms with Crippen molar-refractivity contribution in [1.29, 1.82) is 0 Å². The lowest BCUT2D eigenvalue weighted by Gasteiger charge is -2.12. The highest BCUT2D eigenvalue weighted by atomic mass is 16.5. The molecule has 0 saturated carbocycles. The van der Waals surface area contributed by atoms with Crippen LogP contribution in [0.25, 0.3) is 11.0 Å². The van der Waals surface area contributed by atoms with Gasteiger partial charge in [-0.1, -0.05) is 6.07 Å². The van der Waals surface area contributed by atoms with Crippen molar-refractivity contribution in [2.75, 3.05) is 31.3 Å². The van der Waals surface area contributed by atoms with Crippen LogP contribution < -0.4 is 21.1 Å². The molecule has 9 nitrogen and oxygen atoms in total. The van der Waals surface area contributed by atoms with Gasteiger partial charge in [0.2, 0.25) is 0 Å². The third-order valence-corrected chi connectivity index (χ3v) is 4.92. The number of pyridine rings is 1. The summed E-state index contributed by atoms with van der Waals surface area (Å²) < 4.78 is 12.9. The van der Waals surface area contributed by atoms with Crippen LogP contribution in [0.5, 0.6) is 5.75 Å². The molecule has 0 bridgehead atoms. The normalized spacial score (nSPS) is 10.9. The van der Waals surface area contributed by atoms with Gasteiger partial charge in [-0.2, -0.15) is 0 Å². The second kappa shape index (κ2) is 10.6. The number of methoxy groups -OCH3 is 1. The first-order chi connectivity index (χ1) is 15.0. The highest BCUT2D eigenvalue weighted by molar-refractivity contribution is 5.89. The fourth-order valence-corrected chi connectivity index (χ4v) is 3.38. The fraction of sp³-hybridized carbons (Fsp3) is 0.409. The lowest BCUT2D eigenvalue weighted by molar-refractivity contribution is 0.126. The molecular weight excluding hydrogens is 396 g/mol. The molecule has 4 N–H and O–H groups in total. The second-order valence-electron chi connectivity index (χ2n) is 7.16. The Bertz CT molecular complexity index is 1030. The number of carbonyl (C=O) groups excluding carboxylic acids is 1. The molecule has 2 heterocycles. The van der Waals surface area contributed by atoms with Gasteiger partial charge < -0.3 is 30.4 Å². The number of fused-ring (bicyclic) bond motifs is 1. The van der Waals surface area contributed by atoms with E-state index in [0.29, 0.717) is 42.5 Å². The van der Waals surface area contributed by atoms with Crippen LogP contribution in [0.15, 0.2) is 30.5 Å². The molecule has 0 saturated heterocycles. The molecule has 0 aliphatic heterocycles. The van der Waals surface area contributed by atoms with Crippen LogP contribution in [0.2, 0.25) is 0 Å². The quantitative estimate of drug-likeness (QED) is 0.428. The maximum atomic E-state index is 12.1. The summed E-state index contributed by atoms with van der Waals surface area (Å²) in [5.41, 5.74) is 9.45. The van der Waals surface area contributed by atoms with Crippen molar-refractivity contribution >= 4 is 28.6 Å². The molecular formula is C22H30N6O3. The highest BCUT2D eigenvalue weighted by Gasteiger charge is 2.15. The predicted octanol–water partition coefficient (Wildman–Crippen LogP) is 3.47. The van der Waals surface area contributed by atoms with Gasteiger partial charge in [0.25, 0.3) is 0 Å². The highest BCUT2D eigenvalue weighted by Crippen LogP contribution is 2.24. The third kappa shape index (κ3) is 5.64. The minimum absolute atomic E-state index is 0.243.